The van der Waals surface area contributed by atoms with Gasteiger partial charge in [0.25, 0.3) is 0 Å². The molecule has 0 radical (unpaired) electrons. The van der Waals surface area contributed by atoms with Crippen LogP contribution in [0.5, 0.6) is 11.5 Å². The fraction of sp³-hybridized carbons (Fsp3) is 0.588. The van der Waals surface area contributed by atoms with Crippen molar-refractivity contribution < 1.29 is 32.4 Å². The molecule has 0 saturated heterocycles. The van der Waals surface area contributed by atoms with Gasteiger partial charge in [0.15, 0.2) is 5.78 Å². The van der Waals surface area contributed by atoms with E-state index in [0.29, 0.717) is 29.6 Å². The Kier molecular flexibility index (Phi) is 9.14. The number of carbonyl (C=O) groups is 1. The molecular formula is C17H27O7P. The largest absolute Gasteiger partial charge is 0.497 e. The van der Waals surface area contributed by atoms with Gasteiger partial charge in [-0.1, -0.05) is 13.8 Å². The molecule has 0 aromatic heterocycles. The van der Waals surface area contributed by atoms with Gasteiger partial charge in [-0.2, -0.15) is 0 Å². The molecule has 1 rings (SSSR count). The molecule has 0 spiro atoms. The molecule has 0 amide bonds. The van der Waals surface area contributed by atoms with Crippen LogP contribution in [0.1, 0.15) is 38.1 Å². The minimum Gasteiger partial charge on any atom is -0.497 e. The predicted octanol–water partition coefficient (Wildman–Crippen LogP) is 4.11. The Balaban J connectivity index is 2.92. The summed E-state index contributed by atoms with van der Waals surface area (Å²) in [6.45, 7) is 7.64. The molecule has 0 aliphatic heterocycles. The van der Waals surface area contributed by atoms with Gasteiger partial charge in [-0.15, -0.1) is 0 Å². The smallest absolute Gasteiger partial charge is 0.475 e. The maximum absolute atomic E-state index is 12.5. The fourth-order valence-electron chi connectivity index (χ4n) is 1.88. The van der Waals surface area contributed by atoms with Crippen LogP contribution in [0.25, 0.3) is 0 Å². The van der Waals surface area contributed by atoms with Crippen LogP contribution in [-0.4, -0.2) is 39.3 Å². The lowest BCUT2D eigenvalue weighted by molar-refractivity contribution is 0.0811. The van der Waals surface area contributed by atoms with Crippen molar-refractivity contribution in [3.63, 3.8) is 0 Å². The van der Waals surface area contributed by atoms with E-state index in [1.807, 2.05) is 13.8 Å². The van der Waals surface area contributed by atoms with Crippen LogP contribution in [0.15, 0.2) is 18.2 Å². The van der Waals surface area contributed by atoms with Gasteiger partial charge in [-0.3, -0.25) is 18.4 Å². The molecule has 0 N–H and O–H groups in total. The average Bonchev–Trinajstić information content (AvgIpc) is 2.58. The molecule has 0 fully saturated rings. The van der Waals surface area contributed by atoms with E-state index in [2.05, 4.69) is 0 Å². The minimum atomic E-state index is -3.75. The molecule has 0 saturated carbocycles. The number of ether oxygens (including phenoxy) is 2. The number of Topliss-reactive ketones (excluding diaryl/α,β-unsaturated/α-hetero) is 1. The third kappa shape index (κ3) is 7.16. The number of hydrogen-bond donors (Lipinski definition) is 0. The number of methoxy groups -OCH3 is 1. The monoisotopic (exact) mass is 374 g/mol. The topological polar surface area (TPSA) is 80.3 Å². The highest BCUT2D eigenvalue weighted by Gasteiger charge is 2.27. The molecular weight excluding hydrogens is 347 g/mol. The normalized spacial score (nSPS) is 11.6. The van der Waals surface area contributed by atoms with Gasteiger partial charge in [0.05, 0.1) is 32.5 Å². The molecule has 0 atom stereocenters. The average molecular weight is 374 g/mol. The SMILES string of the molecule is CCOP(=O)(OCC)OCC(=O)c1cc(OC)ccc1OCC(C)C. The number of ketones is 1. The summed E-state index contributed by atoms with van der Waals surface area (Å²) in [6, 6.07) is 4.94. The first-order valence-electron chi connectivity index (χ1n) is 8.22. The highest BCUT2D eigenvalue weighted by molar-refractivity contribution is 7.48. The van der Waals surface area contributed by atoms with Crippen molar-refractivity contribution in [2.24, 2.45) is 5.92 Å². The summed E-state index contributed by atoms with van der Waals surface area (Å²) >= 11 is 0. The van der Waals surface area contributed by atoms with Crippen LogP contribution < -0.4 is 9.47 Å². The van der Waals surface area contributed by atoms with Crippen molar-refractivity contribution >= 4 is 13.6 Å². The Morgan fingerprint density at radius 2 is 1.76 bits per heavy atom. The molecule has 8 heteroatoms. The van der Waals surface area contributed by atoms with Crippen LogP contribution in [0.3, 0.4) is 0 Å². The summed E-state index contributed by atoms with van der Waals surface area (Å²) in [5, 5.41) is 0. The van der Waals surface area contributed by atoms with Gasteiger partial charge in [0.2, 0.25) is 0 Å². The second-order valence-electron chi connectivity index (χ2n) is 5.55. The lowest BCUT2D eigenvalue weighted by Crippen LogP contribution is -2.13. The molecule has 0 unspecified atom stereocenters. The maximum Gasteiger partial charge on any atom is 0.475 e. The zero-order valence-corrected chi connectivity index (χ0v) is 16.3. The van der Waals surface area contributed by atoms with Gasteiger partial charge >= 0.3 is 7.82 Å². The summed E-state index contributed by atoms with van der Waals surface area (Å²) in [5.74, 6) is 0.832. The number of hydrogen-bond acceptors (Lipinski definition) is 7. The lowest BCUT2D eigenvalue weighted by Gasteiger charge is -2.17. The van der Waals surface area contributed by atoms with Crippen molar-refractivity contribution in [2.45, 2.75) is 27.7 Å². The summed E-state index contributed by atoms with van der Waals surface area (Å²) in [7, 11) is -2.24. The first kappa shape index (κ1) is 21.6. The van der Waals surface area contributed by atoms with E-state index in [0.717, 1.165) is 0 Å². The van der Waals surface area contributed by atoms with Crippen LogP contribution in [-0.2, 0) is 18.1 Å². The maximum atomic E-state index is 12.5. The molecule has 0 bridgehead atoms. The first-order valence-corrected chi connectivity index (χ1v) is 9.68. The van der Waals surface area contributed by atoms with E-state index in [9.17, 15) is 9.36 Å². The first-order chi connectivity index (χ1) is 11.8. The molecule has 1 aromatic carbocycles. The van der Waals surface area contributed by atoms with E-state index in [1.165, 1.54) is 7.11 Å². The molecule has 0 aliphatic carbocycles. The number of carbonyl (C=O) groups excluding carboxylic acids is 1. The predicted molar refractivity (Wildman–Crippen MR) is 94.5 cm³/mol. The molecule has 25 heavy (non-hydrogen) atoms. The van der Waals surface area contributed by atoms with E-state index in [4.69, 9.17) is 23.0 Å². The summed E-state index contributed by atoms with van der Waals surface area (Å²) in [5.41, 5.74) is 0.291. The van der Waals surface area contributed by atoms with Crippen molar-refractivity contribution in [2.75, 3.05) is 33.5 Å². The second kappa shape index (κ2) is 10.6. The van der Waals surface area contributed by atoms with Gasteiger partial charge in [0, 0.05) is 0 Å². The van der Waals surface area contributed by atoms with Crippen molar-refractivity contribution in [1.29, 1.82) is 0 Å². The number of phosphoric acid groups is 1. The Bertz CT molecular complexity index is 591. The van der Waals surface area contributed by atoms with E-state index in [1.54, 1.807) is 32.0 Å². The summed E-state index contributed by atoms with van der Waals surface area (Å²) in [4.78, 5) is 12.5. The number of rotatable bonds is 12. The third-order valence-electron chi connectivity index (χ3n) is 2.99. The number of phosphoric ester groups is 1. The standard InChI is InChI=1S/C17H27O7P/c1-6-22-25(19,23-7-2)24-12-16(18)15-10-14(20-5)8-9-17(15)21-11-13(3)4/h8-10,13H,6-7,11-12H2,1-5H3. The molecule has 0 heterocycles. The van der Waals surface area contributed by atoms with Crippen molar-refractivity contribution in [3.8, 4) is 11.5 Å². The van der Waals surface area contributed by atoms with Crippen molar-refractivity contribution in [1.82, 2.24) is 0 Å². The molecule has 1 aromatic rings. The highest BCUT2D eigenvalue weighted by atomic mass is 31.2. The van der Waals surface area contributed by atoms with Crippen LogP contribution in [0.4, 0.5) is 0 Å². The van der Waals surface area contributed by atoms with E-state index in [-0.39, 0.29) is 13.2 Å². The molecule has 142 valence electrons. The Morgan fingerprint density at radius 3 is 2.28 bits per heavy atom. The zero-order valence-electron chi connectivity index (χ0n) is 15.4. The van der Waals surface area contributed by atoms with Gasteiger partial charge in [-0.25, -0.2) is 4.57 Å². The Hall–Kier alpha value is -1.40. The second-order valence-corrected chi connectivity index (χ2v) is 7.22. The highest BCUT2D eigenvalue weighted by Crippen LogP contribution is 2.49. The van der Waals surface area contributed by atoms with Gasteiger partial charge in [0.1, 0.15) is 18.1 Å². The molecule has 7 nitrogen and oxygen atoms in total. The quantitative estimate of drug-likeness (QED) is 0.402. The summed E-state index contributed by atoms with van der Waals surface area (Å²) in [6.07, 6.45) is 0. The number of benzene rings is 1. The Morgan fingerprint density at radius 1 is 1.12 bits per heavy atom. The molecule has 0 aliphatic rings. The lowest BCUT2D eigenvalue weighted by atomic mass is 10.1. The van der Waals surface area contributed by atoms with Crippen molar-refractivity contribution in [3.05, 3.63) is 23.8 Å². The van der Waals surface area contributed by atoms with Gasteiger partial charge in [-0.05, 0) is 38.0 Å². The van der Waals surface area contributed by atoms with Crippen LogP contribution >= 0.6 is 7.82 Å². The van der Waals surface area contributed by atoms with Crippen LogP contribution in [0, 0.1) is 5.92 Å². The minimum absolute atomic E-state index is 0.146. The zero-order chi connectivity index (χ0) is 18.9. The van der Waals surface area contributed by atoms with E-state index < -0.39 is 20.2 Å². The summed E-state index contributed by atoms with van der Waals surface area (Å²) < 4.78 is 38.3. The van der Waals surface area contributed by atoms with Crippen LogP contribution in [0.2, 0.25) is 0 Å². The third-order valence-corrected chi connectivity index (χ3v) is 4.58. The Labute approximate surface area is 149 Å². The van der Waals surface area contributed by atoms with Gasteiger partial charge < -0.3 is 9.47 Å². The fourth-order valence-corrected chi connectivity index (χ4v) is 3.01. The van der Waals surface area contributed by atoms with E-state index >= 15 is 0 Å².